The van der Waals surface area contributed by atoms with E-state index >= 15 is 0 Å². The van der Waals surface area contributed by atoms with Crippen molar-refractivity contribution in [2.24, 2.45) is 0 Å². The van der Waals surface area contributed by atoms with E-state index in [0.29, 0.717) is 18.0 Å². The van der Waals surface area contributed by atoms with Crippen molar-refractivity contribution in [1.82, 2.24) is 4.98 Å². The maximum atomic E-state index is 11.3. The van der Waals surface area contributed by atoms with Crippen LogP contribution < -0.4 is 10.1 Å². The molecule has 0 saturated heterocycles. The Morgan fingerprint density at radius 3 is 2.45 bits per heavy atom. The molecule has 0 unspecified atom stereocenters. The number of rotatable bonds is 5. The molecule has 2 aromatic rings. The van der Waals surface area contributed by atoms with Gasteiger partial charge in [-0.1, -0.05) is 6.07 Å². The van der Waals surface area contributed by atoms with Gasteiger partial charge in [0.05, 0.1) is 19.8 Å². The van der Waals surface area contributed by atoms with Crippen LogP contribution in [0.1, 0.15) is 15.9 Å². The molecule has 0 radical (unpaired) electrons. The first kappa shape index (κ1) is 13.9. The van der Waals surface area contributed by atoms with E-state index in [1.165, 1.54) is 7.11 Å². The molecule has 1 N–H and O–H groups in total. The Bertz CT molecular complexity index is 565. The van der Waals surface area contributed by atoms with Crippen LogP contribution in [-0.2, 0) is 11.3 Å². The van der Waals surface area contributed by atoms with E-state index in [2.05, 4.69) is 15.0 Å². The van der Waals surface area contributed by atoms with Crippen molar-refractivity contribution in [3.63, 3.8) is 0 Å². The second-order valence-corrected chi connectivity index (χ2v) is 4.13. The van der Waals surface area contributed by atoms with Crippen molar-refractivity contribution >= 4 is 11.7 Å². The Hall–Kier alpha value is -2.56. The average Bonchev–Trinajstić information content (AvgIpc) is 2.53. The van der Waals surface area contributed by atoms with Crippen LogP contribution >= 0.6 is 0 Å². The number of hydrogen-bond acceptors (Lipinski definition) is 5. The zero-order chi connectivity index (χ0) is 14.4. The highest BCUT2D eigenvalue weighted by Gasteiger charge is 2.04. The van der Waals surface area contributed by atoms with E-state index in [4.69, 9.17) is 4.74 Å². The molecule has 0 atom stereocenters. The third-order valence-corrected chi connectivity index (χ3v) is 2.81. The molecule has 0 amide bonds. The predicted octanol–water partition coefficient (Wildman–Crippen LogP) is 2.49. The number of anilines is 1. The molecular formula is C15H16N2O3. The van der Waals surface area contributed by atoms with Gasteiger partial charge in [-0.3, -0.25) is 0 Å². The van der Waals surface area contributed by atoms with Gasteiger partial charge < -0.3 is 14.8 Å². The Morgan fingerprint density at radius 1 is 1.15 bits per heavy atom. The van der Waals surface area contributed by atoms with Crippen LogP contribution in [0.15, 0.2) is 42.6 Å². The van der Waals surface area contributed by atoms with Crippen LogP contribution in [0.2, 0.25) is 0 Å². The summed E-state index contributed by atoms with van der Waals surface area (Å²) in [5.41, 5.74) is 2.50. The molecule has 5 heteroatoms. The summed E-state index contributed by atoms with van der Waals surface area (Å²) in [5.74, 6) is 0.257. The highest BCUT2D eigenvalue weighted by Crippen LogP contribution is 2.13. The van der Waals surface area contributed by atoms with Gasteiger partial charge in [-0.2, -0.15) is 0 Å². The number of ether oxygens (including phenoxy) is 2. The van der Waals surface area contributed by atoms with Gasteiger partial charge in [0.2, 0.25) is 5.88 Å². The van der Waals surface area contributed by atoms with Crippen LogP contribution in [0.25, 0.3) is 0 Å². The lowest BCUT2D eigenvalue weighted by molar-refractivity contribution is 0.0601. The minimum Gasteiger partial charge on any atom is -0.481 e. The smallest absolute Gasteiger partial charge is 0.337 e. The standard InChI is InChI=1S/C15H16N2O3/c1-19-14-8-3-11(10-17-14)9-16-13-6-4-12(5-7-13)15(18)20-2/h3-8,10,16H,9H2,1-2H3. The van der Waals surface area contributed by atoms with Gasteiger partial charge in [-0.15, -0.1) is 0 Å². The normalized spacial score (nSPS) is 9.90. The van der Waals surface area contributed by atoms with Crippen LogP contribution in [0.5, 0.6) is 5.88 Å². The zero-order valence-electron chi connectivity index (χ0n) is 11.4. The molecule has 1 heterocycles. The zero-order valence-corrected chi connectivity index (χ0v) is 11.4. The van der Waals surface area contributed by atoms with Crippen molar-refractivity contribution in [2.45, 2.75) is 6.54 Å². The quantitative estimate of drug-likeness (QED) is 0.847. The van der Waals surface area contributed by atoms with Crippen LogP contribution in [0.4, 0.5) is 5.69 Å². The summed E-state index contributed by atoms with van der Waals surface area (Å²) in [6.07, 6.45) is 1.76. The number of carbonyl (C=O) groups is 1. The highest BCUT2D eigenvalue weighted by atomic mass is 16.5. The molecule has 1 aromatic heterocycles. The van der Waals surface area contributed by atoms with Crippen molar-refractivity contribution in [3.8, 4) is 5.88 Å². The summed E-state index contributed by atoms with van der Waals surface area (Å²) >= 11 is 0. The molecule has 104 valence electrons. The summed E-state index contributed by atoms with van der Waals surface area (Å²) in [7, 11) is 2.95. The molecule has 5 nitrogen and oxygen atoms in total. The SMILES string of the molecule is COC(=O)c1ccc(NCc2ccc(OC)nc2)cc1. The molecule has 2 rings (SSSR count). The second kappa shape index (κ2) is 6.56. The summed E-state index contributed by atoms with van der Waals surface area (Å²) < 4.78 is 9.65. The Kier molecular flexibility index (Phi) is 4.55. The number of nitrogens with zero attached hydrogens (tertiary/aromatic N) is 1. The topological polar surface area (TPSA) is 60.5 Å². The van der Waals surface area contributed by atoms with Gasteiger partial charge in [0.25, 0.3) is 0 Å². The molecule has 0 aliphatic carbocycles. The van der Waals surface area contributed by atoms with Gasteiger partial charge in [0.15, 0.2) is 0 Å². The van der Waals surface area contributed by atoms with Crippen molar-refractivity contribution in [2.75, 3.05) is 19.5 Å². The fraction of sp³-hybridized carbons (Fsp3) is 0.200. The second-order valence-electron chi connectivity index (χ2n) is 4.13. The van der Waals surface area contributed by atoms with Crippen LogP contribution in [0.3, 0.4) is 0 Å². The lowest BCUT2D eigenvalue weighted by atomic mass is 10.2. The average molecular weight is 272 g/mol. The maximum absolute atomic E-state index is 11.3. The van der Waals surface area contributed by atoms with E-state index in [9.17, 15) is 4.79 Å². The van der Waals surface area contributed by atoms with E-state index in [0.717, 1.165) is 11.3 Å². The third-order valence-electron chi connectivity index (χ3n) is 2.81. The van der Waals surface area contributed by atoms with Gasteiger partial charge in [-0.05, 0) is 29.8 Å². The molecule has 20 heavy (non-hydrogen) atoms. The van der Waals surface area contributed by atoms with Gasteiger partial charge in [0.1, 0.15) is 0 Å². The number of methoxy groups -OCH3 is 2. The number of hydrogen-bond donors (Lipinski definition) is 1. The predicted molar refractivity (Wildman–Crippen MR) is 75.9 cm³/mol. The van der Waals surface area contributed by atoms with Crippen molar-refractivity contribution in [1.29, 1.82) is 0 Å². The van der Waals surface area contributed by atoms with E-state index < -0.39 is 0 Å². The fourth-order valence-electron chi connectivity index (χ4n) is 1.68. The summed E-state index contributed by atoms with van der Waals surface area (Å²) in [6.45, 7) is 0.647. The first-order valence-electron chi connectivity index (χ1n) is 6.14. The molecule has 1 aromatic carbocycles. The van der Waals surface area contributed by atoms with Gasteiger partial charge in [0, 0.05) is 24.5 Å². The molecule has 0 aliphatic heterocycles. The number of pyridine rings is 1. The summed E-state index contributed by atoms with van der Waals surface area (Å²) in [4.78, 5) is 15.4. The number of carbonyl (C=O) groups excluding carboxylic acids is 1. The van der Waals surface area contributed by atoms with Gasteiger partial charge >= 0.3 is 5.97 Å². The van der Waals surface area contributed by atoms with E-state index in [1.807, 2.05) is 24.3 Å². The lowest BCUT2D eigenvalue weighted by Gasteiger charge is -2.07. The van der Waals surface area contributed by atoms with Crippen LogP contribution in [-0.4, -0.2) is 25.2 Å². The number of aromatic nitrogens is 1. The minimum absolute atomic E-state index is 0.337. The molecule has 0 bridgehead atoms. The van der Waals surface area contributed by atoms with Gasteiger partial charge in [-0.25, -0.2) is 9.78 Å². The lowest BCUT2D eigenvalue weighted by Crippen LogP contribution is -2.03. The molecular weight excluding hydrogens is 256 g/mol. The fourth-order valence-corrected chi connectivity index (χ4v) is 1.68. The number of esters is 1. The van der Waals surface area contributed by atoms with Crippen molar-refractivity contribution in [3.05, 3.63) is 53.7 Å². The molecule has 0 saturated carbocycles. The first-order valence-corrected chi connectivity index (χ1v) is 6.14. The molecule has 0 spiro atoms. The summed E-state index contributed by atoms with van der Waals surface area (Å²) in [5, 5.41) is 3.25. The number of nitrogens with one attached hydrogen (secondary N) is 1. The largest absolute Gasteiger partial charge is 0.481 e. The molecule has 0 aliphatic rings. The minimum atomic E-state index is -0.337. The highest BCUT2D eigenvalue weighted by molar-refractivity contribution is 5.89. The summed E-state index contributed by atoms with van der Waals surface area (Å²) in [6, 6.07) is 10.9. The van der Waals surface area contributed by atoms with E-state index in [1.54, 1.807) is 25.4 Å². The Labute approximate surface area is 117 Å². The monoisotopic (exact) mass is 272 g/mol. The Morgan fingerprint density at radius 2 is 1.90 bits per heavy atom. The van der Waals surface area contributed by atoms with E-state index in [-0.39, 0.29) is 5.97 Å². The van der Waals surface area contributed by atoms with Crippen molar-refractivity contribution < 1.29 is 14.3 Å². The number of benzene rings is 1. The first-order chi connectivity index (χ1) is 9.72. The molecule has 0 fully saturated rings. The van der Waals surface area contributed by atoms with Crippen LogP contribution in [0, 0.1) is 0 Å². The third kappa shape index (κ3) is 3.47. The Balaban J connectivity index is 1.94. The maximum Gasteiger partial charge on any atom is 0.337 e.